The molecule has 0 atom stereocenters. The molecule has 0 spiro atoms. The first-order valence-corrected chi connectivity index (χ1v) is 6.48. The van der Waals surface area contributed by atoms with Crippen LogP contribution >= 0.6 is 34.2 Å². The molecule has 16 heavy (non-hydrogen) atoms. The summed E-state index contributed by atoms with van der Waals surface area (Å²) in [5.41, 5.74) is 1.00. The molecule has 0 aromatic heterocycles. The SMILES string of the molecule is ClCc1ccccc1Oc1ccc(I)cc1. The van der Waals surface area contributed by atoms with Gasteiger partial charge in [0, 0.05) is 9.13 Å². The van der Waals surface area contributed by atoms with Gasteiger partial charge in [-0.2, -0.15) is 0 Å². The lowest BCUT2D eigenvalue weighted by Crippen LogP contribution is -1.88. The lowest BCUT2D eigenvalue weighted by Gasteiger charge is -2.09. The van der Waals surface area contributed by atoms with Crippen LogP contribution in [0.1, 0.15) is 5.56 Å². The van der Waals surface area contributed by atoms with Gasteiger partial charge in [-0.05, 0) is 52.9 Å². The van der Waals surface area contributed by atoms with E-state index in [1.54, 1.807) is 0 Å². The third kappa shape index (κ3) is 2.89. The van der Waals surface area contributed by atoms with E-state index in [1.807, 2.05) is 48.5 Å². The fourth-order valence-electron chi connectivity index (χ4n) is 1.34. The number of halogens is 2. The maximum atomic E-state index is 5.84. The van der Waals surface area contributed by atoms with Crippen molar-refractivity contribution in [3.8, 4) is 11.5 Å². The molecule has 0 aliphatic heterocycles. The zero-order valence-electron chi connectivity index (χ0n) is 8.49. The van der Waals surface area contributed by atoms with Gasteiger partial charge in [0.05, 0.1) is 5.88 Å². The van der Waals surface area contributed by atoms with E-state index < -0.39 is 0 Å². The highest BCUT2D eigenvalue weighted by Crippen LogP contribution is 2.26. The largest absolute Gasteiger partial charge is 0.457 e. The Morgan fingerprint density at radius 2 is 1.69 bits per heavy atom. The summed E-state index contributed by atoms with van der Waals surface area (Å²) in [4.78, 5) is 0. The summed E-state index contributed by atoms with van der Waals surface area (Å²) in [7, 11) is 0. The van der Waals surface area contributed by atoms with Gasteiger partial charge in [0.2, 0.25) is 0 Å². The molecule has 0 unspecified atom stereocenters. The van der Waals surface area contributed by atoms with Crippen molar-refractivity contribution in [3.63, 3.8) is 0 Å². The summed E-state index contributed by atoms with van der Waals surface area (Å²) in [6.07, 6.45) is 0. The van der Waals surface area contributed by atoms with Gasteiger partial charge in [0.1, 0.15) is 11.5 Å². The molecule has 2 rings (SSSR count). The van der Waals surface area contributed by atoms with Crippen LogP contribution < -0.4 is 4.74 Å². The minimum absolute atomic E-state index is 0.459. The first-order valence-electron chi connectivity index (χ1n) is 4.87. The van der Waals surface area contributed by atoms with Gasteiger partial charge in [0.25, 0.3) is 0 Å². The van der Waals surface area contributed by atoms with Crippen molar-refractivity contribution in [1.29, 1.82) is 0 Å². The second-order valence-corrected chi connectivity index (χ2v) is 4.81. The molecule has 0 radical (unpaired) electrons. The molecule has 2 aromatic rings. The van der Waals surface area contributed by atoms with Crippen LogP contribution in [-0.4, -0.2) is 0 Å². The Bertz CT molecular complexity index is 468. The maximum Gasteiger partial charge on any atom is 0.131 e. The highest BCUT2D eigenvalue weighted by molar-refractivity contribution is 14.1. The van der Waals surface area contributed by atoms with E-state index in [1.165, 1.54) is 3.57 Å². The van der Waals surface area contributed by atoms with E-state index in [0.717, 1.165) is 17.1 Å². The molecule has 1 nitrogen and oxygen atoms in total. The van der Waals surface area contributed by atoms with Gasteiger partial charge >= 0.3 is 0 Å². The van der Waals surface area contributed by atoms with Gasteiger partial charge in [-0.25, -0.2) is 0 Å². The summed E-state index contributed by atoms with van der Waals surface area (Å²) in [5.74, 6) is 2.11. The van der Waals surface area contributed by atoms with Gasteiger partial charge in [-0.1, -0.05) is 18.2 Å². The highest BCUT2D eigenvalue weighted by atomic mass is 127. The van der Waals surface area contributed by atoms with Gasteiger partial charge in [-0.15, -0.1) is 11.6 Å². The predicted molar refractivity (Wildman–Crippen MR) is 75.2 cm³/mol. The van der Waals surface area contributed by atoms with Crippen LogP contribution in [0.2, 0.25) is 0 Å². The van der Waals surface area contributed by atoms with E-state index in [9.17, 15) is 0 Å². The lowest BCUT2D eigenvalue weighted by molar-refractivity contribution is 0.478. The van der Waals surface area contributed by atoms with Crippen molar-refractivity contribution in [2.45, 2.75) is 5.88 Å². The van der Waals surface area contributed by atoms with E-state index >= 15 is 0 Å². The number of hydrogen-bond donors (Lipinski definition) is 0. The molecular weight excluding hydrogens is 334 g/mol. The Kier molecular flexibility index (Phi) is 4.07. The predicted octanol–water partition coefficient (Wildman–Crippen LogP) is 4.82. The Morgan fingerprint density at radius 3 is 2.38 bits per heavy atom. The summed E-state index contributed by atoms with van der Waals surface area (Å²) in [6.45, 7) is 0. The summed E-state index contributed by atoms with van der Waals surface area (Å²) < 4.78 is 6.96. The Hall–Kier alpha value is -0.740. The van der Waals surface area contributed by atoms with Crippen LogP contribution in [0.3, 0.4) is 0 Å². The van der Waals surface area contributed by atoms with Crippen molar-refractivity contribution >= 4 is 34.2 Å². The summed E-state index contributed by atoms with van der Waals surface area (Å²) in [5, 5.41) is 0. The number of ether oxygens (including phenoxy) is 1. The molecule has 0 saturated heterocycles. The molecular formula is C13H10ClIO. The van der Waals surface area contributed by atoms with Crippen LogP contribution in [0.4, 0.5) is 0 Å². The molecule has 0 bridgehead atoms. The third-order valence-electron chi connectivity index (χ3n) is 2.16. The molecule has 0 heterocycles. The Morgan fingerprint density at radius 1 is 1.00 bits per heavy atom. The van der Waals surface area contributed by atoms with Crippen molar-refractivity contribution in [2.75, 3.05) is 0 Å². The second kappa shape index (κ2) is 5.55. The van der Waals surface area contributed by atoms with E-state index in [2.05, 4.69) is 22.6 Å². The fourth-order valence-corrected chi connectivity index (χ4v) is 1.92. The van der Waals surface area contributed by atoms with Crippen LogP contribution in [0.5, 0.6) is 11.5 Å². The first-order chi connectivity index (χ1) is 7.79. The first kappa shape index (κ1) is 11.7. The molecule has 0 saturated carbocycles. The van der Waals surface area contributed by atoms with Crippen LogP contribution in [0, 0.1) is 3.57 Å². The normalized spacial score (nSPS) is 10.1. The fraction of sp³-hybridized carbons (Fsp3) is 0.0769. The van der Waals surface area contributed by atoms with Crippen LogP contribution in [0.25, 0.3) is 0 Å². The van der Waals surface area contributed by atoms with Gasteiger partial charge < -0.3 is 4.74 Å². The minimum Gasteiger partial charge on any atom is -0.457 e. The molecule has 0 aliphatic rings. The lowest BCUT2D eigenvalue weighted by atomic mass is 10.2. The Labute approximate surface area is 114 Å². The van der Waals surface area contributed by atoms with Crippen molar-refractivity contribution in [2.24, 2.45) is 0 Å². The monoisotopic (exact) mass is 344 g/mol. The smallest absolute Gasteiger partial charge is 0.131 e. The second-order valence-electron chi connectivity index (χ2n) is 3.30. The molecule has 0 amide bonds. The number of hydrogen-bond acceptors (Lipinski definition) is 1. The number of rotatable bonds is 3. The quantitative estimate of drug-likeness (QED) is 0.573. The topological polar surface area (TPSA) is 9.23 Å². The van der Waals surface area contributed by atoms with Crippen LogP contribution in [-0.2, 0) is 5.88 Å². The van der Waals surface area contributed by atoms with Crippen LogP contribution in [0.15, 0.2) is 48.5 Å². The standard InChI is InChI=1S/C13H10ClIO/c14-9-10-3-1-2-4-13(10)16-12-7-5-11(15)6-8-12/h1-8H,9H2. The van der Waals surface area contributed by atoms with Crippen molar-refractivity contribution < 1.29 is 4.74 Å². The molecule has 82 valence electrons. The van der Waals surface area contributed by atoms with Crippen molar-refractivity contribution in [3.05, 3.63) is 57.7 Å². The molecule has 2 aromatic carbocycles. The average molecular weight is 345 g/mol. The van der Waals surface area contributed by atoms with E-state index in [-0.39, 0.29) is 0 Å². The average Bonchev–Trinajstić information content (AvgIpc) is 2.33. The van der Waals surface area contributed by atoms with E-state index in [4.69, 9.17) is 16.3 Å². The van der Waals surface area contributed by atoms with E-state index in [0.29, 0.717) is 5.88 Å². The zero-order valence-corrected chi connectivity index (χ0v) is 11.4. The molecule has 3 heteroatoms. The maximum absolute atomic E-state index is 5.84. The number of alkyl halides is 1. The summed E-state index contributed by atoms with van der Waals surface area (Å²) >= 11 is 8.11. The number of benzene rings is 2. The summed E-state index contributed by atoms with van der Waals surface area (Å²) in [6, 6.07) is 15.7. The van der Waals surface area contributed by atoms with Crippen molar-refractivity contribution in [1.82, 2.24) is 0 Å². The molecule has 0 N–H and O–H groups in total. The number of para-hydroxylation sites is 1. The molecule has 0 aliphatic carbocycles. The zero-order chi connectivity index (χ0) is 11.4. The van der Waals surface area contributed by atoms with Gasteiger partial charge in [0.15, 0.2) is 0 Å². The minimum atomic E-state index is 0.459. The third-order valence-corrected chi connectivity index (χ3v) is 3.17. The van der Waals surface area contributed by atoms with Gasteiger partial charge in [-0.3, -0.25) is 0 Å². The molecule has 0 fully saturated rings. The Balaban J connectivity index is 2.23. The highest BCUT2D eigenvalue weighted by Gasteiger charge is 2.02.